The summed E-state index contributed by atoms with van der Waals surface area (Å²) in [6.45, 7) is 2.34. The fraction of sp³-hybridized carbons (Fsp3) is 0.188. The summed E-state index contributed by atoms with van der Waals surface area (Å²) in [5.41, 5.74) is 5.22. The van der Waals surface area contributed by atoms with E-state index in [1.807, 2.05) is 6.92 Å². The van der Waals surface area contributed by atoms with Crippen LogP contribution < -0.4 is 4.74 Å². The number of benzene rings is 1. The van der Waals surface area contributed by atoms with Gasteiger partial charge in [0.2, 0.25) is 11.2 Å². The number of hydrogen-bond acceptors (Lipinski definition) is 5. The van der Waals surface area contributed by atoms with Crippen LogP contribution in [0.15, 0.2) is 23.7 Å². The van der Waals surface area contributed by atoms with Gasteiger partial charge < -0.3 is 9.72 Å². The van der Waals surface area contributed by atoms with Gasteiger partial charge in [0.1, 0.15) is 5.82 Å². The average Bonchev–Trinajstić information content (AvgIpc) is 3.12. The highest BCUT2D eigenvalue weighted by molar-refractivity contribution is 7.16. The van der Waals surface area contributed by atoms with Gasteiger partial charge >= 0.3 is 0 Å². The molecule has 3 aromatic heterocycles. The summed E-state index contributed by atoms with van der Waals surface area (Å²) >= 11 is 7.29. The zero-order chi connectivity index (χ0) is 16.7. The third-order valence-electron chi connectivity index (χ3n) is 3.81. The molecule has 0 saturated heterocycles. The minimum absolute atomic E-state index is 0.132. The molecule has 0 atom stereocenters. The largest absolute Gasteiger partial charge is 0.476 e. The number of halogens is 2. The van der Waals surface area contributed by atoms with E-state index in [0.29, 0.717) is 29.3 Å². The van der Waals surface area contributed by atoms with Gasteiger partial charge in [0.15, 0.2) is 10.3 Å². The van der Waals surface area contributed by atoms with Gasteiger partial charge in [-0.1, -0.05) is 0 Å². The van der Waals surface area contributed by atoms with Crippen molar-refractivity contribution < 1.29 is 9.13 Å². The third-order valence-corrected chi connectivity index (χ3v) is 4.70. The molecule has 4 aromatic rings. The Morgan fingerprint density at radius 2 is 2.21 bits per heavy atom. The SMILES string of the molecule is Cc1[nH]c2ccc(F)cc2c1CCOc1nc(Cl)nc2scnc12. The highest BCUT2D eigenvalue weighted by atomic mass is 35.5. The minimum atomic E-state index is -0.254. The first-order valence-corrected chi connectivity index (χ1v) is 8.54. The number of nitrogens with one attached hydrogen (secondary N) is 1. The quantitative estimate of drug-likeness (QED) is 0.550. The van der Waals surface area contributed by atoms with E-state index in [4.69, 9.17) is 16.3 Å². The van der Waals surface area contributed by atoms with E-state index in [9.17, 15) is 4.39 Å². The lowest BCUT2D eigenvalue weighted by atomic mass is 10.1. The van der Waals surface area contributed by atoms with E-state index < -0.39 is 0 Å². The molecule has 0 radical (unpaired) electrons. The fourth-order valence-corrected chi connectivity index (χ4v) is 3.60. The van der Waals surface area contributed by atoms with E-state index in [1.54, 1.807) is 11.6 Å². The number of fused-ring (bicyclic) bond motifs is 2. The van der Waals surface area contributed by atoms with Crippen LogP contribution in [0, 0.1) is 12.7 Å². The lowest BCUT2D eigenvalue weighted by molar-refractivity contribution is 0.313. The molecule has 0 spiro atoms. The van der Waals surface area contributed by atoms with Crippen LogP contribution in [0.25, 0.3) is 21.3 Å². The first kappa shape index (κ1) is 15.3. The first-order valence-electron chi connectivity index (χ1n) is 7.28. The Bertz CT molecular complexity index is 1050. The van der Waals surface area contributed by atoms with E-state index in [1.165, 1.54) is 23.5 Å². The van der Waals surface area contributed by atoms with Crippen LogP contribution in [0.3, 0.4) is 0 Å². The summed E-state index contributed by atoms with van der Waals surface area (Å²) in [7, 11) is 0. The molecule has 0 aliphatic rings. The maximum absolute atomic E-state index is 13.5. The van der Waals surface area contributed by atoms with Crippen molar-refractivity contribution in [1.29, 1.82) is 0 Å². The number of rotatable bonds is 4. The van der Waals surface area contributed by atoms with Gasteiger partial charge in [-0.15, -0.1) is 11.3 Å². The van der Waals surface area contributed by atoms with Crippen molar-refractivity contribution in [2.75, 3.05) is 6.61 Å². The Balaban J connectivity index is 1.58. The van der Waals surface area contributed by atoms with E-state index in [-0.39, 0.29) is 11.1 Å². The van der Waals surface area contributed by atoms with Gasteiger partial charge in [0, 0.05) is 23.0 Å². The summed E-state index contributed by atoms with van der Waals surface area (Å²) < 4.78 is 19.3. The second-order valence-electron chi connectivity index (χ2n) is 5.32. The number of aryl methyl sites for hydroxylation is 1. The van der Waals surface area contributed by atoms with Crippen LogP contribution in [0.1, 0.15) is 11.3 Å². The number of aromatic amines is 1. The maximum atomic E-state index is 13.5. The van der Waals surface area contributed by atoms with Crippen molar-refractivity contribution in [3.8, 4) is 5.88 Å². The molecule has 4 rings (SSSR count). The van der Waals surface area contributed by atoms with Gasteiger partial charge in [0.05, 0.1) is 12.1 Å². The smallest absolute Gasteiger partial charge is 0.245 e. The minimum Gasteiger partial charge on any atom is -0.476 e. The Morgan fingerprint density at radius 3 is 3.08 bits per heavy atom. The number of aromatic nitrogens is 4. The van der Waals surface area contributed by atoms with Gasteiger partial charge in [-0.2, -0.15) is 4.98 Å². The molecule has 8 heteroatoms. The van der Waals surface area contributed by atoms with Crippen LogP contribution >= 0.6 is 22.9 Å². The molecular formula is C16H12ClFN4OS. The van der Waals surface area contributed by atoms with Crippen LogP contribution in [0.5, 0.6) is 5.88 Å². The molecule has 5 nitrogen and oxygen atoms in total. The molecule has 0 bridgehead atoms. The molecule has 0 saturated carbocycles. The summed E-state index contributed by atoms with van der Waals surface area (Å²) in [4.78, 5) is 16.4. The topological polar surface area (TPSA) is 63.7 Å². The number of hydrogen-bond donors (Lipinski definition) is 1. The molecule has 1 aromatic carbocycles. The van der Waals surface area contributed by atoms with Crippen LogP contribution in [0.4, 0.5) is 4.39 Å². The number of thiazole rings is 1. The molecule has 0 aliphatic carbocycles. The second kappa shape index (κ2) is 5.99. The highest BCUT2D eigenvalue weighted by Gasteiger charge is 2.13. The van der Waals surface area contributed by atoms with E-state index in [0.717, 1.165) is 22.2 Å². The molecule has 122 valence electrons. The number of nitrogens with zero attached hydrogens (tertiary/aromatic N) is 3. The molecule has 3 heterocycles. The lowest BCUT2D eigenvalue weighted by Gasteiger charge is -2.06. The van der Waals surface area contributed by atoms with Crippen LogP contribution in [-0.4, -0.2) is 26.5 Å². The van der Waals surface area contributed by atoms with Crippen molar-refractivity contribution in [1.82, 2.24) is 19.9 Å². The Labute approximate surface area is 145 Å². The average molecular weight is 363 g/mol. The van der Waals surface area contributed by atoms with Crippen molar-refractivity contribution in [3.05, 3.63) is 46.1 Å². The maximum Gasteiger partial charge on any atom is 0.245 e. The molecule has 0 unspecified atom stereocenters. The molecule has 0 fully saturated rings. The van der Waals surface area contributed by atoms with Crippen molar-refractivity contribution in [3.63, 3.8) is 0 Å². The summed E-state index contributed by atoms with van der Waals surface area (Å²) in [5.74, 6) is 0.116. The first-order chi connectivity index (χ1) is 11.6. The van der Waals surface area contributed by atoms with Gasteiger partial charge in [-0.3, -0.25) is 0 Å². The normalized spacial score (nSPS) is 11.5. The lowest BCUT2D eigenvalue weighted by Crippen LogP contribution is -2.04. The fourth-order valence-electron chi connectivity index (χ4n) is 2.74. The standard InChI is InChI=1S/C16H12ClFN4OS/c1-8-10(11-6-9(18)2-3-12(11)20-8)4-5-23-14-13-15(24-7-19-13)22-16(17)21-14/h2-3,6-7,20H,4-5H2,1H3. The summed E-state index contributed by atoms with van der Waals surface area (Å²) in [6.07, 6.45) is 0.614. The predicted octanol–water partition coefficient (Wildman–Crippen LogP) is 4.29. The zero-order valence-corrected chi connectivity index (χ0v) is 14.2. The third kappa shape index (κ3) is 2.70. The van der Waals surface area contributed by atoms with Gasteiger partial charge in [0.25, 0.3) is 0 Å². The Morgan fingerprint density at radius 1 is 1.33 bits per heavy atom. The van der Waals surface area contributed by atoms with Crippen molar-refractivity contribution in [2.45, 2.75) is 13.3 Å². The monoisotopic (exact) mass is 362 g/mol. The molecule has 0 amide bonds. The molecule has 1 N–H and O–H groups in total. The number of ether oxygens (including phenoxy) is 1. The summed E-state index contributed by atoms with van der Waals surface area (Å²) in [6, 6.07) is 4.72. The van der Waals surface area contributed by atoms with Crippen LogP contribution in [0.2, 0.25) is 5.28 Å². The molecule has 0 aliphatic heterocycles. The molecular weight excluding hydrogens is 351 g/mol. The highest BCUT2D eigenvalue weighted by Crippen LogP contribution is 2.27. The Hall–Kier alpha value is -2.25. The predicted molar refractivity (Wildman–Crippen MR) is 92.4 cm³/mol. The Kier molecular flexibility index (Phi) is 3.82. The van der Waals surface area contributed by atoms with Gasteiger partial charge in [-0.05, 0) is 42.3 Å². The van der Waals surface area contributed by atoms with E-state index in [2.05, 4.69) is 19.9 Å². The zero-order valence-electron chi connectivity index (χ0n) is 12.6. The van der Waals surface area contributed by atoms with Gasteiger partial charge in [-0.25, -0.2) is 14.4 Å². The van der Waals surface area contributed by atoms with Crippen molar-refractivity contribution in [2.24, 2.45) is 0 Å². The number of H-pyrrole nitrogens is 1. The second-order valence-corrected chi connectivity index (χ2v) is 6.49. The van der Waals surface area contributed by atoms with Crippen molar-refractivity contribution >= 4 is 44.2 Å². The van der Waals surface area contributed by atoms with Crippen LogP contribution in [-0.2, 0) is 6.42 Å². The molecule has 24 heavy (non-hydrogen) atoms. The van der Waals surface area contributed by atoms with E-state index >= 15 is 0 Å². The summed E-state index contributed by atoms with van der Waals surface area (Å²) in [5, 5.41) is 1.00.